The van der Waals surface area contributed by atoms with Crippen LogP contribution < -0.4 is 5.73 Å². The van der Waals surface area contributed by atoms with E-state index < -0.39 is 15.8 Å². The first kappa shape index (κ1) is 15.4. The van der Waals surface area contributed by atoms with Crippen molar-refractivity contribution < 1.29 is 12.8 Å². The summed E-state index contributed by atoms with van der Waals surface area (Å²) in [6.45, 7) is 2.44. The van der Waals surface area contributed by atoms with E-state index in [4.69, 9.17) is 5.73 Å². The molecule has 2 rings (SSSR count). The van der Waals surface area contributed by atoms with Gasteiger partial charge in [-0.3, -0.25) is 0 Å². The average molecular weight is 300 g/mol. The Bertz CT molecular complexity index is 575. The normalized spacial score (nSPS) is 21.6. The largest absolute Gasteiger partial charge is 0.329 e. The number of aryl methyl sites for hydroxylation is 1. The third-order valence-corrected chi connectivity index (χ3v) is 5.93. The van der Waals surface area contributed by atoms with Gasteiger partial charge in [-0.1, -0.05) is 18.9 Å². The van der Waals surface area contributed by atoms with Crippen molar-refractivity contribution in [1.29, 1.82) is 0 Å². The Morgan fingerprint density at radius 1 is 1.35 bits per heavy atom. The first-order chi connectivity index (χ1) is 9.46. The summed E-state index contributed by atoms with van der Waals surface area (Å²) < 4.78 is 40.4. The standard InChI is InChI=1S/C14H21FN2O2S/c1-11-6-7-12(15)9-14(11)20(18,19)17-8-4-2-3-5-13(17)10-16/h6-7,9,13H,2-5,8,10,16H2,1H3. The fourth-order valence-electron chi connectivity index (χ4n) is 2.68. The first-order valence-corrected chi connectivity index (χ1v) is 8.39. The molecule has 4 nitrogen and oxygen atoms in total. The lowest BCUT2D eigenvalue weighted by Crippen LogP contribution is -2.44. The van der Waals surface area contributed by atoms with Crippen LogP contribution in [0.15, 0.2) is 23.1 Å². The molecule has 112 valence electrons. The van der Waals surface area contributed by atoms with Crippen LogP contribution in [-0.4, -0.2) is 31.9 Å². The van der Waals surface area contributed by atoms with Crippen molar-refractivity contribution >= 4 is 10.0 Å². The molecule has 1 aliphatic heterocycles. The van der Waals surface area contributed by atoms with Crippen LogP contribution in [0.1, 0.15) is 31.2 Å². The lowest BCUT2D eigenvalue weighted by atomic mass is 10.1. The molecule has 0 bridgehead atoms. The van der Waals surface area contributed by atoms with Gasteiger partial charge in [-0.05, 0) is 37.5 Å². The molecule has 1 aromatic carbocycles. The predicted molar refractivity (Wildman–Crippen MR) is 76.3 cm³/mol. The monoisotopic (exact) mass is 300 g/mol. The molecular weight excluding hydrogens is 279 g/mol. The van der Waals surface area contributed by atoms with Gasteiger partial charge in [-0.25, -0.2) is 12.8 Å². The molecule has 0 saturated carbocycles. The van der Waals surface area contributed by atoms with Crippen LogP contribution in [0.25, 0.3) is 0 Å². The smallest absolute Gasteiger partial charge is 0.243 e. The van der Waals surface area contributed by atoms with Gasteiger partial charge in [0.25, 0.3) is 0 Å². The Hall–Kier alpha value is -0.980. The first-order valence-electron chi connectivity index (χ1n) is 6.95. The summed E-state index contributed by atoms with van der Waals surface area (Å²) in [4.78, 5) is 0.0536. The van der Waals surface area contributed by atoms with Gasteiger partial charge >= 0.3 is 0 Å². The Balaban J connectivity index is 2.44. The summed E-state index contributed by atoms with van der Waals surface area (Å²) in [5.41, 5.74) is 6.29. The van der Waals surface area contributed by atoms with Gasteiger partial charge in [0.2, 0.25) is 10.0 Å². The molecule has 1 unspecified atom stereocenters. The topological polar surface area (TPSA) is 63.4 Å². The highest BCUT2D eigenvalue weighted by Crippen LogP contribution is 2.26. The molecule has 0 spiro atoms. The van der Waals surface area contributed by atoms with Crippen molar-refractivity contribution in [3.05, 3.63) is 29.6 Å². The number of nitrogens with zero attached hydrogens (tertiary/aromatic N) is 1. The van der Waals surface area contributed by atoms with Crippen molar-refractivity contribution in [3.63, 3.8) is 0 Å². The Morgan fingerprint density at radius 3 is 2.80 bits per heavy atom. The maximum atomic E-state index is 13.4. The molecule has 20 heavy (non-hydrogen) atoms. The van der Waals surface area contributed by atoms with E-state index in [1.165, 1.54) is 16.4 Å². The quantitative estimate of drug-likeness (QED) is 0.929. The van der Waals surface area contributed by atoms with Crippen molar-refractivity contribution in [3.8, 4) is 0 Å². The van der Waals surface area contributed by atoms with E-state index in [9.17, 15) is 12.8 Å². The molecule has 0 amide bonds. The van der Waals surface area contributed by atoms with Crippen molar-refractivity contribution in [2.75, 3.05) is 13.1 Å². The summed E-state index contributed by atoms with van der Waals surface area (Å²) in [6, 6.07) is 3.68. The molecule has 1 atom stereocenters. The van der Waals surface area contributed by atoms with Crippen LogP contribution in [0.4, 0.5) is 4.39 Å². The summed E-state index contributed by atoms with van der Waals surface area (Å²) >= 11 is 0. The number of hydrogen-bond donors (Lipinski definition) is 1. The maximum Gasteiger partial charge on any atom is 0.243 e. The van der Waals surface area contributed by atoms with Crippen molar-refractivity contribution in [2.45, 2.75) is 43.5 Å². The van der Waals surface area contributed by atoms with Crippen LogP contribution in [0.3, 0.4) is 0 Å². The van der Waals surface area contributed by atoms with E-state index in [0.717, 1.165) is 31.7 Å². The molecular formula is C14H21FN2O2S. The lowest BCUT2D eigenvalue weighted by Gasteiger charge is -2.28. The van der Waals surface area contributed by atoms with E-state index in [0.29, 0.717) is 18.7 Å². The fourth-order valence-corrected chi connectivity index (χ4v) is 4.62. The third-order valence-electron chi connectivity index (χ3n) is 3.83. The minimum Gasteiger partial charge on any atom is -0.329 e. The summed E-state index contributed by atoms with van der Waals surface area (Å²) in [5, 5.41) is 0. The van der Waals surface area contributed by atoms with Crippen LogP contribution in [-0.2, 0) is 10.0 Å². The Morgan fingerprint density at radius 2 is 2.10 bits per heavy atom. The van der Waals surface area contributed by atoms with Crippen molar-refractivity contribution in [1.82, 2.24) is 4.31 Å². The highest BCUT2D eigenvalue weighted by Gasteiger charge is 2.32. The SMILES string of the molecule is Cc1ccc(F)cc1S(=O)(=O)N1CCCCCC1CN. The second kappa shape index (κ2) is 6.20. The van der Waals surface area contributed by atoms with Crippen LogP contribution in [0.5, 0.6) is 0 Å². The molecule has 0 aliphatic carbocycles. The van der Waals surface area contributed by atoms with Gasteiger partial charge in [0.1, 0.15) is 5.82 Å². The molecule has 1 saturated heterocycles. The van der Waals surface area contributed by atoms with E-state index in [1.54, 1.807) is 6.92 Å². The van der Waals surface area contributed by atoms with Crippen LogP contribution in [0.2, 0.25) is 0 Å². The molecule has 1 aliphatic rings. The zero-order valence-electron chi connectivity index (χ0n) is 11.7. The molecule has 1 aromatic rings. The fraction of sp³-hybridized carbons (Fsp3) is 0.571. The molecule has 0 aromatic heterocycles. The predicted octanol–water partition coefficient (Wildman–Crippen LogP) is 2.03. The lowest BCUT2D eigenvalue weighted by molar-refractivity contribution is 0.327. The zero-order valence-corrected chi connectivity index (χ0v) is 12.5. The second-order valence-electron chi connectivity index (χ2n) is 5.26. The Kier molecular flexibility index (Phi) is 4.78. The Labute approximate surface area is 119 Å². The van der Waals surface area contributed by atoms with Gasteiger partial charge in [0, 0.05) is 19.1 Å². The number of hydrogen-bond acceptors (Lipinski definition) is 3. The van der Waals surface area contributed by atoms with E-state index in [-0.39, 0.29) is 10.9 Å². The number of benzene rings is 1. The molecule has 1 fully saturated rings. The van der Waals surface area contributed by atoms with Crippen molar-refractivity contribution in [2.24, 2.45) is 5.73 Å². The molecule has 2 N–H and O–H groups in total. The van der Waals surface area contributed by atoms with Gasteiger partial charge in [0.05, 0.1) is 4.90 Å². The second-order valence-corrected chi connectivity index (χ2v) is 7.12. The highest BCUT2D eigenvalue weighted by molar-refractivity contribution is 7.89. The maximum absolute atomic E-state index is 13.4. The van der Waals surface area contributed by atoms with Crippen LogP contribution >= 0.6 is 0 Å². The average Bonchev–Trinajstić information content (AvgIpc) is 2.66. The number of halogens is 1. The van der Waals surface area contributed by atoms with Gasteiger partial charge in [-0.15, -0.1) is 0 Å². The number of rotatable bonds is 3. The molecule has 1 heterocycles. The minimum absolute atomic E-state index is 0.0536. The van der Waals surface area contributed by atoms with Crippen LogP contribution in [0, 0.1) is 12.7 Å². The highest BCUT2D eigenvalue weighted by atomic mass is 32.2. The van der Waals surface area contributed by atoms with Gasteiger partial charge in [0.15, 0.2) is 0 Å². The zero-order chi connectivity index (χ0) is 14.8. The molecule has 0 radical (unpaired) electrons. The van der Waals surface area contributed by atoms with E-state index >= 15 is 0 Å². The summed E-state index contributed by atoms with van der Waals surface area (Å²) in [7, 11) is -3.69. The number of nitrogens with two attached hydrogens (primary N) is 1. The van der Waals surface area contributed by atoms with E-state index in [2.05, 4.69) is 0 Å². The van der Waals surface area contributed by atoms with E-state index in [1.807, 2.05) is 0 Å². The molecule has 6 heteroatoms. The van der Waals surface area contributed by atoms with Gasteiger partial charge in [-0.2, -0.15) is 4.31 Å². The number of sulfonamides is 1. The minimum atomic E-state index is -3.69. The summed E-state index contributed by atoms with van der Waals surface area (Å²) in [5.74, 6) is -0.534. The summed E-state index contributed by atoms with van der Waals surface area (Å²) in [6.07, 6.45) is 3.58. The van der Waals surface area contributed by atoms with Gasteiger partial charge < -0.3 is 5.73 Å². The third kappa shape index (κ3) is 3.02.